The molecule has 0 saturated carbocycles. The molecule has 84 heavy (non-hydrogen) atoms. The number of aryl methyl sites for hydroxylation is 4. The Hall–Kier alpha value is -6.67. The number of halogens is 3. The Morgan fingerprint density at radius 3 is 1.10 bits per heavy atom. The summed E-state index contributed by atoms with van der Waals surface area (Å²) >= 11 is 8.94. The molecular weight excluding hydrogens is 1270 g/mol. The standard InChI is InChI=1S/C35H38BNO2.C34H29BrN2.C5H3BrIN/c1-23-9-14-26(15-10-23)37(27-16-11-24(2)12-17-27)28-18-20-30-29-19-13-25(21-31(29)33(3,4)32(30)22-28)36-38-34(5,6)35(7,8)39-36;1-22-5-11-26(12-6-22)37(27-13-7-23(2)8-14-27)28-15-17-30-29-16-9-24(33-18-10-25(35)21-36-33)19-31(29)34(3,4)32(30)20-28;6-4-1-2-5(7)8-3-4/h9-22H,1-8H3;5-21H,1-4H3;1-3H. The van der Waals surface area contributed by atoms with E-state index in [0.29, 0.717) is 0 Å². The van der Waals surface area contributed by atoms with E-state index in [2.05, 4.69) is 333 Å². The van der Waals surface area contributed by atoms with Gasteiger partial charge in [-0.25, -0.2) is 4.98 Å². The number of benzene rings is 8. The first-order valence-electron chi connectivity index (χ1n) is 28.7. The molecule has 10 aromatic rings. The first-order chi connectivity index (χ1) is 40.0. The zero-order chi connectivity index (χ0) is 59.5. The van der Waals surface area contributed by atoms with Gasteiger partial charge in [0.1, 0.15) is 3.70 Å². The highest BCUT2D eigenvalue weighted by molar-refractivity contribution is 14.1. The molecule has 0 radical (unpaired) electrons. The van der Waals surface area contributed by atoms with Crippen LogP contribution >= 0.6 is 54.5 Å². The average Bonchev–Trinajstić information content (AvgIpc) is 2.96. The van der Waals surface area contributed by atoms with Gasteiger partial charge in [-0.15, -0.1) is 0 Å². The summed E-state index contributed by atoms with van der Waals surface area (Å²) in [7, 11) is -0.367. The van der Waals surface area contributed by atoms with Gasteiger partial charge in [0.15, 0.2) is 0 Å². The monoisotopic (exact) mass is 1340 g/mol. The zero-order valence-corrected chi connectivity index (χ0v) is 55.3. The second kappa shape index (κ2) is 23.3. The molecule has 0 N–H and O–H groups in total. The number of aromatic nitrogens is 2. The van der Waals surface area contributed by atoms with Crippen LogP contribution in [0.15, 0.2) is 215 Å². The Kier molecular flexibility index (Phi) is 16.4. The molecule has 10 heteroatoms. The highest BCUT2D eigenvalue weighted by Crippen LogP contribution is 2.53. The predicted octanol–water partition coefficient (Wildman–Crippen LogP) is 20.7. The molecular formula is C74H70BBr2IN4O2. The summed E-state index contributed by atoms with van der Waals surface area (Å²) in [4.78, 5) is 13.4. The van der Waals surface area contributed by atoms with Gasteiger partial charge in [0.2, 0.25) is 0 Å². The van der Waals surface area contributed by atoms with Crippen LogP contribution in [-0.4, -0.2) is 28.3 Å². The number of hydrogen-bond acceptors (Lipinski definition) is 6. The van der Waals surface area contributed by atoms with Crippen molar-refractivity contribution in [1.29, 1.82) is 0 Å². The number of rotatable bonds is 8. The molecule has 8 aromatic carbocycles. The lowest BCUT2D eigenvalue weighted by atomic mass is 9.74. The Balaban J connectivity index is 0.000000155. The number of hydrogen-bond donors (Lipinski definition) is 0. The van der Waals surface area contributed by atoms with Crippen molar-refractivity contribution in [1.82, 2.24) is 9.97 Å². The summed E-state index contributed by atoms with van der Waals surface area (Å²) in [5.74, 6) is 0. The first-order valence-corrected chi connectivity index (χ1v) is 31.3. The molecule has 3 aliphatic rings. The molecule has 1 aliphatic heterocycles. The van der Waals surface area contributed by atoms with Crippen molar-refractivity contribution in [3.8, 4) is 33.5 Å². The lowest BCUT2D eigenvalue weighted by Gasteiger charge is -2.32. The van der Waals surface area contributed by atoms with Crippen molar-refractivity contribution in [3.05, 3.63) is 264 Å². The van der Waals surface area contributed by atoms with Crippen LogP contribution in [0.5, 0.6) is 0 Å². The van der Waals surface area contributed by atoms with E-state index < -0.39 is 0 Å². The molecule has 0 unspecified atom stereocenters. The van der Waals surface area contributed by atoms with E-state index in [1.54, 1.807) is 6.20 Å². The van der Waals surface area contributed by atoms with E-state index in [0.717, 1.165) is 57.8 Å². The van der Waals surface area contributed by atoms with Crippen molar-refractivity contribution in [2.75, 3.05) is 9.80 Å². The second-order valence-electron chi connectivity index (χ2n) is 24.5. The first kappa shape index (κ1) is 59.1. The maximum Gasteiger partial charge on any atom is 0.494 e. The molecule has 3 heterocycles. The molecule has 2 aliphatic carbocycles. The van der Waals surface area contributed by atoms with Crippen LogP contribution in [-0.2, 0) is 20.1 Å². The van der Waals surface area contributed by atoms with E-state index >= 15 is 0 Å². The van der Waals surface area contributed by atoms with Crippen LogP contribution in [0.1, 0.15) is 99.9 Å². The normalized spacial score (nSPS) is 15.1. The quantitative estimate of drug-likeness (QED) is 0.0858. The van der Waals surface area contributed by atoms with Crippen molar-refractivity contribution < 1.29 is 9.31 Å². The third-order valence-corrected chi connectivity index (χ3v) is 18.8. The maximum absolute atomic E-state index is 6.39. The minimum atomic E-state index is -0.367. The molecule has 0 spiro atoms. The largest absolute Gasteiger partial charge is 0.494 e. The van der Waals surface area contributed by atoms with E-state index in [-0.39, 0.29) is 29.2 Å². The van der Waals surface area contributed by atoms with E-state index in [1.165, 1.54) is 72.4 Å². The third-order valence-electron chi connectivity index (χ3n) is 17.3. The van der Waals surface area contributed by atoms with Gasteiger partial charge >= 0.3 is 7.12 Å². The van der Waals surface area contributed by atoms with Crippen LogP contribution in [0, 0.1) is 31.4 Å². The summed E-state index contributed by atoms with van der Waals surface area (Å²) in [6, 6.07) is 70.5. The summed E-state index contributed by atoms with van der Waals surface area (Å²) in [6.07, 6.45) is 3.64. The molecule has 13 rings (SSSR count). The van der Waals surface area contributed by atoms with Crippen molar-refractivity contribution in [2.45, 2.75) is 105 Å². The highest BCUT2D eigenvalue weighted by Gasteiger charge is 2.52. The molecule has 0 bridgehead atoms. The van der Waals surface area contributed by atoms with Crippen LogP contribution in [0.25, 0.3) is 33.5 Å². The van der Waals surface area contributed by atoms with Gasteiger partial charge in [-0.3, -0.25) is 4.98 Å². The zero-order valence-electron chi connectivity index (χ0n) is 49.9. The van der Waals surface area contributed by atoms with Gasteiger partial charge in [-0.2, -0.15) is 0 Å². The third kappa shape index (κ3) is 11.7. The molecule has 2 aromatic heterocycles. The molecule has 0 atom stereocenters. The van der Waals surface area contributed by atoms with Gasteiger partial charge in [0.05, 0.1) is 16.9 Å². The Morgan fingerprint density at radius 1 is 0.381 bits per heavy atom. The minimum Gasteiger partial charge on any atom is -0.399 e. The summed E-state index contributed by atoms with van der Waals surface area (Å²) in [5.41, 5.74) is 24.8. The Morgan fingerprint density at radius 2 is 0.726 bits per heavy atom. The minimum absolute atomic E-state index is 0.127. The number of pyridine rings is 2. The fraction of sp³-hybridized carbons (Fsp3) is 0.216. The molecule has 1 fully saturated rings. The molecule has 1 saturated heterocycles. The van der Waals surface area contributed by atoms with E-state index in [1.807, 2.05) is 24.4 Å². The number of anilines is 6. The molecule has 0 amide bonds. The summed E-state index contributed by atoms with van der Waals surface area (Å²) in [5, 5.41) is 0. The highest BCUT2D eigenvalue weighted by atomic mass is 127. The Labute approximate surface area is 528 Å². The van der Waals surface area contributed by atoms with Crippen molar-refractivity contribution in [3.63, 3.8) is 0 Å². The smallest absolute Gasteiger partial charge is 0.399 e. The fourth-order valence-corrected chi connectivity index (χ4v) is 12.4. The van der Waals surface area contributed by atoms with Crippen LogP contribution in [0.2, 0.25) is 0 Å². The van der Waals surface area contributed by atoms with Gasteiger partial charge in [-0.05, 0) is 263 Å². The van der Waals surface area contributed by atoms with Gasteiger partial charge in [0, 0.05) is 71.9 Å². The van der Waals surface area contributed by atoms with Gasteiger partial charge in [0.25, 0.3) is 0 Å². The second-order valence-corrected chi connectivity index (χ2v) is 27.5. The van der Waals surface area contributed by atoms with E-state index in [9.17, 15) is 0 Å². The lowest BCUT2D eigenvalue weighted by molar-refractivity contribution is 0.00578. The summed E-state index contributed by atoms with van der Waals surface area (Å²) < 4.78 is 15.8. The van der Waals surface area contributed by atoms with Gasteiger partial charge < -0.3 is 19.1 Å². The molecule has 422 valence electrons. The lowest BCUT2D eigenvalue weighted by Crippen LogP contribution is -2.41. The number of nitrogens with zero attached hydrogens (tertiary/aromatic N) is 4. The van der Waals surface area contributed by atoms with Gasteiger partial charge in [-0.1, -0.05) is 141 Å². The SMILES string of the molecule is Brc1ccc(I)nc1.Cc1ccc(N(c2ccc(C)cc2)c2ccc3c(c2)C(C)(C)c2cc(-c4ccc(Br)cn4)ccc2-3)cc1.Cc1ccc(N(c2ccc(C)cc2)c2ccc3c(c2)C(C)(C)c2cc(B4OC(C)(C)C(C)(C)O4)ccc2-3)cc1. The van der Waals surface area contributed by atoms with Crippen LogP contribution < -0.4 is 15.3 Å². The topological polar surface area (TPSA) is 50.7 Å². The van der Waals surface area contributed by atoms with Crippen molar-refractivity contribution >= 4 is 101 Å². The maximum atomic E-state index is 6.39. The van der Waals surface area contributed by atoms with Crippen LogP contribution in [0.3, 0.4) is 0 Å². The average molecular weight is 1340 g/mol. The Bertz CT molecular complexity index is 3910. The van der Waals surface area contributed by atoms with Crippen LogP contribution in [0.4, 0.5) is 34.1 Å². The summed E-state index contributed by atoms with van der Waals surface area (Å²) in [6.45, 7) is 26.3. The predicted molar refractivity (Wildman–Crippen MR) is 368 cm³/mol. The van der Waals surface area contributed by atoms with E-state index in [4.69, 9.17) is 9.31 Å². The molecule has 6 nitrogen and oxygen atoms in total. The van der Waals surface area contributed by atoms with Crippen molar-refractivity contribution in [2.24, 2.45) is 0 Å². The number of fused-ring (bicyclic) bond motifs is 6. The fourth-order valence-electron chi connectivity index (χ4n) is 11.6.